The average molecular weight is 424 g/mol. The van der Waals surface area contributed by atoms with Crippen molar-refractivity contribution in [2.45, 2.75) is 35.1 Å². The van der Waals surface area contributed by atoms with Crippen LogP contribution in [-0.4, -0.2) is 20.9 Å². The second kappa shape index (κ2) is 7.25. The number of carbonyl (C=O) groups is 1. The summed E-state index contributed by atoms with van der Waals surface area (Å²) in [6.45, 7) is 3.90. The van der Waals surface area contributed by atoms with Gasteiger partial charge in [0.05, 0.1) is 0 Å². The van der Waals surface area contributed by atoms with E-state index in [2.05, 4.69) is 21.0 Å². The lowest BCUT2D eigenvalue weighted by molar-refractivity contribution is 0.0688. The van der Waals surface area contributed by atoms with Gasteiger partial charge in [-0.15, -0.1) is 0 Å². The number of carboxylic acids is 1. The molecule has 0 unspecified atom stereocenters. The molecule has 0 spiro atoms. The molecule has 0 saturated carbocycles. The molecule has 0 atom stereocenters. The summed E-state index contributed by atoms with van der Waals surface area (Å²) in [5.74, 6) is -1.04. The number of carboxylic acid groups (broad SMARTS) is 1. The van der Waals surface area contributed by atoms with E-state index in [1.165, 1.54) is 11.8 Å². The first-order chi connectivity index (χ1) is 10.3. The van der Waals surface area contributed by atoms with E-state index in [4.69, 9.17) is 23.2 Å². The smallest absolute Gasteiger partial charge is 0.356 e. The normalized spacial score (nSPS) is 11.2. The molecule has 2 rings (SSSR count). The molecule has 22 heavy (non-hydrogen) atoms. The SMILES string of the molecule is CC(C)n1nc(C(=O)O)c(CBr)c1Sc1cc(Cl)cc(Cl)c1. The Morgan fingerprint density at radius 3 is 2.41 bits per heavy atom. The van der Waals surface area contributed by atoms with Gasteiger partial charge in [-0.1, -0.05) is 50.9 Å². The molecule has 1 heterocycles. The van der Waals surface area contributed by atoms with Gasteiger partial charge in [-0.25, -0.2) is 4.79 Å². The third kappa shape index (κ3) is 3.79. The first-order valence-electron chi connectivity index (χ1n) is 6.38. The number of halogens is 3. The zero-order valence-corrected chi connectivity index (χ0v) is 15.7. The first-order valence-corrected chi connectivity index (χ1v) is 9.07. The number of hydrogen-bond donors (Lipinski definition) is 1. The van der Waals surface area contributed by atoms with Crippen molar-refractivity contribution in [3.05, 3.63) is 39.5 Å². The summed E-state index contributed by atoms with van der Waals surface area (Å²) < 4.78 is 1.71. The molecule has 1 aromatic carbocycles. The Morgan fingerprint density at radius 1 is 1.36 bits per heavy atom. The predicted molar refractivity (Wildman–Crippen MR) is 92.8 cm³/mol. The first kappa shape index (κ1) is 17.7. The van der Waals surface area contributed by atoms with E-state index in [1.807, 2.05) is 13.8 Å². The van der Waals surface area contributed by atoms with Crippen molar-refractivity contribution in [1.82, 2.24) is 9.78 Å². The van der Waals surface area contributed by atoms with Crippen LogP contribution in [0, 0.1) is 0 Å². The van der Waals surface area contributed by atoms with Gasteiger partial charge in [-0.2, -0.15) is 5.10 Å². The van der Waals surface area contributed by atoms with Gasteiger partial charge in [0, 0.05) is 31.9 Å². The number of alkyl halides is 1. The van der Waals surface area contributed by atoms with Crippen molar-refractivity contribution in [2.24, 2.45) is 0 Å². The maximum atomic E-state index is 11.4. The molecule has 0 aliphatic rings. The van der Waals surface area contributed by atoms with E-state index in [1.54, 1.807) is 22.9 Å². The summed E-state index contributed by atoms with van der Waals surface area (Å²) in [5, 5.41) is 15.8. The molecule has 0 aliphatic carbocycles. The fraction of sp³-hybridized carbons (Fsp3) is 0.286. The molecule has 0 saturated heterocycles. The number of hydrogen-bond acceptors (Lipinski definition) is 3. The highest BCUT2D eigenvalue weighted by atomic mass is 79.9. The van der Waals surface area contributed by atoms with Crippen LogP contribution in [0.2, 0.25) is 10.0 Å². The number of aromatic carboxylic acids is 1. The summed E-state index contributed by atoms with van der Waals surface area (Å²) in [5.41, 5.74) is 0.698. The minimum absolute atomic E-state index is 0.0306. The standard InChI is InChI=1S/C14H13BrCl2N2O2S/c1-7(2)19-13(11(6-15)12(18-19)14(20)21)22-10-4-8(16)3-9(17)5-10/h3-5,7H,6H2,1-2H3,(H,20,21). The average Bonchev–Trinajstić information content (AvgIpc) is 2.76. The van der Waals surface area contributed by atoms with Crippen LogP contribution in [0.25, 0.3) is 0 Å². The maximum Gasteiger partial charge on any atom is 0.356 e. The molecule has 118 valence electrons. The van der Waals surface area contributed by atoms with Gasteiger partial charge in [-0.05, 0) is 32.0 Å². The van der Waals surface area contributed by atoms with E-state index >= 15 is 0 Å². The Balaban J connectivity index is 2.54. The Hall–Kier alpha value is -0.690. The number of aromatic nitrogens is 2. The Kier molecular flexibility index (Phi) is 5.82. The third-order valence-corrected chi connectivity index (χ3v) is 4.93. The highest BCUT2D eigenvalue weighted by Crippen LogP contribution is 2.37. The minimum Gasteiger partial charge on any atom is -0.476 e. The van der Waals surface area contributed by atoms with Crippen molar-refractivity contribution in [3.8, 4) is 0 Å². The van der Waals surface area contributed by atoms with Crippen molar-refractivity contribution in [2.75, 3.05) is 0 Å². The molecular formula is C14H13BrCl2N2O2S. The van der Waals surface area contributed by atoms with Crippen molar-refractivity contribution in [1.29, 1.82) is 0 Å². The van der Waals surface area contributed by atoms with Crippen LogP contribution in [0.5, 0.6) is 0 Å². The zero-order chi connectivity index (χ0) is 16.4. The maximum absolute atomic E-state index is 11.4. The Morgan fingerprint density at radius 2 is 1.95 bits per heavy atom. The van der Waals surface area contributed by atoms with Gasteiger partial charge in [0.25, 0.3) is 0 Å². The van der Waals surface area contributed by atoms with Gasteiger partial charge in [0.1, 0.15) is 5.03 Å². The zero-order valence-electron chi connectivity index (χ0n) is 11.8. The summed E-state index contributed by atoms with van der Waals surface area (Å²) in [6.07, 6.45) is 0. The van der Waals surface area contributed by atoms with Crippen LogP contribution in [0.4, 0.5) is 0 Å². The molecular weight excluding hydrogens is 411 g/mol. The monoisotopic (exact) mass is 422 g/mol. The summed E-state index contributed by atoms with van der Waals surface area (Å²) in [4.78, 5) is 12.2. The van der Waals surface area contributed by atoms with Crippen LogP contribution < -0.4 is 0 Å². The van der Waals surface area contributed by atoms with Crippen LogP contribution in [0.15, 0.2) is 28.1 Å². The Labute approximate surface area is 150 Å². The van der Waals surface area contributed by atoms with Crippen LogP contribution in [0.1, 0.15) is 35.9 Å². The van der Waals surface area contributed by atoms with E-state index in [0.717, 1.165) is 9.92 Å². The number of rotatable bonds is 5. The minimum atomic E-state index is -1.04. The lowest BCUT2D eigenvalue weighted by Gasteiger charge is -2.12. The third-order valence-electron chi connectivity index (χ3n) is 2.84. The lowest BCUT2D eigenvalue weighted by atomic mass is 10.3. The van der Waals surface area contributed by atoms with Gasteiger partial charge in [0.2, 0.25) is 0 Å². The topological polar surface area (TPSA) is 55.1 Å². The summed E-state index contributed by atoms with van der Waals surface area (Å²) >= 11 is 16.8. The fourth-order valence-corrected chi connectivity index (χ4v) is 4.51. The van der Waals surface area contributed by atoms with Crippen molar-refractivity contribution >= 4 is 56.9 Å². The molecule has 1 aromatic heterocycles. The molecule has 1 N–H and O–H groups in total. The molecule has 8 heteroatoms. The molecule has 2 aromatic rings. The van der Waals surface area contributed by atoms with Crippen molar-refractivity contribution in [3.63, 3.8) is 0 Å². The predicted octanol–water partition coefficient (Wildman–Crippen LogP) is 5.52. The number of benzene rings is 1. The second-order valence-electron chi connectivity index (χ2n) is 4.82. The molecule has 0 aliphatic heterocycles. The molecule has 0 bridgehead atoms. The second-order valence-corrected chi connectivity index (χ2v) is 7.31. The fourth-order valence-electron chi connectivity index (χ4n) is 1.90. The van der Waals surface area contributed by atoms with Gasteiger partial charge >= 0.3 is 5.97 Å². The van der Waals surface area contributed by atoms with Crippen LogP contribution in [-0.2, 0) is 5.33 Å². The molecule has 0 amide bonds. The van der Waals surface area contributed by atoms with Crippen LogP contribution in [0.3, 0.4) is 0 Å². The number of nitrogens with zero attached hydrogens (tertiary/aromatic N) is 2. The quantitative estimate of drug-likeness (QED) is 0.643. The lowest BCUT2D eigenvalue weighted by Crippen LogP contribution is -2.06. The Bertz CT molecular complexity index is 699. The van der Waals surface area contributed by atoms with E-state index in [-0.39, 0.29) is 11.7 Å². The summed E-state index contributed by atoms with van der Waals surface area (Å²) in [6, 6.07) is 5.26. The molecule has 0 fully saturated rings. The summed E-state index contributed by atoms with van der Waals surface area (Å²) in [7, 11) is 0. The van der Waals surface area contributed by atoms with Crippen molar-refractivity contribution < 1.29 is 9.90 Å². The van der Waals surface area contributed by atoms with Gasteiger partial charge < -0.3 is 5.11 Å². The highest BCUT2D eigenvalue weighted by Gasteiger charge is 2.24. The molecule has 4 nitrogen and oxygen atoms in total. The highest BCUT2D eigenvalue weighted by molar-refractivity contribution is 9.08. The van der Waals surface area contributed by atoms with Gasteiger partial charge in [0.15, 0.2) is 5.69 Å². The van der Waals surface area contributed by atoms with Crippen LogP contribution >= 0.6 is 50.9 Å². The largest absolute Gasteiger partial charge is 0.476 e. The van der Waals surface area contributed by atoms with Gasteiger partial charge in [-0.3, -0.25) is 4.68 Å². The molecule has 0 radical (unpaired) electrons. The van der Waals surface area contributed by atoms with E-state index < -0.39 is 5.97 Å². The van der Waals surface area contributed by atoms with E-state index in [9.17, 15) is 9.90 Å². The van der Waals surface area contributed by atoms with E-state index in [0.29, 0.717) is 20.9 Å².